The Morgan fingerprint density at radius 1 is 1.33 bits per heavy atom. The third-order valence-corrected chi connectivity index (χ3v) is 5.15. The molecular formula is C13H23N3O3S2. The number of hydrogen-bond acceptors (Lipinski definition) is 7. The minimum absolute atomic E-state index is 0.155. The van der Waals surface area contributed by atoms with Crippen molar-refractivity contribution < 1.29 is 14.3 Å². The zero-order valence-corrected chi connectivity index (χ0v) is 14.5. The highest BCUT2D eigenvalue weighted by Gasteiger charge is 2.23. The van der Waals surface area contributed by atoms with Gasteiger partial charge in [-0.15, -0.1) is 23.1 Å². The van der Waals surface area contributed by atoms with Gasteiger partial charge in [0, 0.05) is 34.4 Å². The third-order valence-electron chi connectivity index (χ3n) is 2.94. The normalized spacial score (nSPS) is 10.7. The van der Waals surface area contributed by atoms with E-state index in [-0.39, 0.29) is 5.91 Å². The second-order valence-corrected chi connectivity index (χ2v) is 6.05. The number of nitrogens with zero attached hydrogens (tertiary/aromatic N) is 1. The highest BCUT2D eigenvalue weighted by atomic mass is 32.2. The lowest BCUT2D eigenvalue weighted by molar-refractivity contribution is 0.0968. The number of thiophene rings is 1. The van der Waals surface area contributed by atoms with E-state index in [1.165, 1.54) is 11.3 Å². The summed E-state index contributed by atoms with van der Waals surface area (Å²) >= 11 is 2.96. The van der Waals surface area contributed by atoms with Gasteiger partial charge in [0.1, 0.15) is 9.88 Å². The Balaban J connectivity index is 3.12. The summed E-state index contributed by atoms with van der Waals surface area (Å²) in [6.45, 7) is 2.65. The highest BCUT2D eigenvalue weighted by molar-refractivity contribution is 7.99. The molecule has 0 aliphatic heterocycles. The third kappa shape index (κ3) is 4.50. The molecule has 120 valence electrons. The number of amides is 1. The lowest BCUT2D eigenvalue weighted by Gasteiger charge is -2.23. The van der Waals surface area contributed by atoms with Crippen LogP contribution in [0.4, 0.5) is 10.7 Å². The van der Waals surface area contributed by atoms with Crippen LogP contribution in [0.5, 0.6) is 0 Å². The van der Waals surface area contributed by atoms with Gasteiger partial charge in [-0.3, -0.25) is 4.79 Å². The number of methoxy groups -OCH3 is 2. The molecule has 0 aliphatic carbocycles. The maximum Gasteiger partial charge on any atom is 0.263 e. The molecule has 21 heavy (non-hydrogen) atoms. The molecule has 0 unspecified atom stereocenters. The maximum atomic E-state index is 11.9. The number of carbonyl (C=O) groups excluding carboxylic acids is 1. The van der Waals surface area contributed by atoms with Crippen LogP contribution >= 0.6 is 23.1 Å². The molecule has 6 nitrogen and oxygen atoms in total. The Morgan fingerprint density at radius 2 is 1.90 bits per heavy atom. The molecule has 0 spiro atoms. The van der Waals surface area contributed by atoms with Crippen molar-refractivity contribution in [2.24, 2.45) is 0 Å². The topological polar surface area (TPSA) is 76.8 Å². The van der Waals surface area contributed by atoms with Crippen molar-refractivity contribution in [2.75, 3.05) is 64.5 Å². The van der Waals surface area contributed by atoms with E-state index in [1.807, 2.05) is 6.26 Å². The molecular weight excluding hydrogens is 310 g/mol. The molecule has 0 fully saturated rings. The molecule has 3 N–H and O–H groups in total. The Labute approximate surface area is 134 Å². The molecule has 1 amide bonds. The molecule has 0 saturated heterocycles. The number of carbonyl (C=O) groups is 1. The van der Waals surface area contributed by atoms with Gasteiger partial charge in [-0.05, 0) is 6.26 Å². The van der Waals surface area contributed by atoms with Gasteiger partial charge in [0.2, 0.25) is 0 Å². The van der Waals surface area contributed by atoms with Gasteiger partial charge in [0.05, 0.1) is 23.8 Å². The van der Waals surface area contributed by atoms with E-state index in [0.29, 0.717) is 23.8 Å². The predicted molar refractivity (Wildman–Crippen MR) is 89.9 cm³/mol. The number of anilines is 2. The molecule has 0 aromatic carbocycles. The average molecular weight is 333 g/mol. The number of nitrogens with two attached hydrogens (primary N) is 1. The van der Waals surface area contributed by atoms with E-state index < -0.39 is 0 Å². The first-order valence-corrected chi connectivity index (χ1v) is 8.55. The van der Waals surface area contributed by atoms with Crippen molar-refractivity contribution in [2.45, 2.75) is 4.90 Å². The number of nitrogen functional groups attached to an aromatic ring is 1. The molecule has 1 heterocycles. The van der Waals surface area contributed by atoms with Crippen LogP contribution < -0.4 is 16.0 Å². The fraction of sp³-hybridized carbons (Fsp3) is 0.615. The van der Waals surface area contributed by atoms with E-state index >= 15 is 0 Å². The van der Waals surface area contributed by atoms with Crippen LogP contribution in [0.1, 0.15) is 9.67 Å². The van der Waals surface area contributed by atoms with Crippen LogP contribution in [-0.4, -0.2) is 59.7 Å². The Kier molecular flexibility index (Phi) is 7.87. The first-order valence-electron chi connectivity index (χ1n) is 6.51. The van der Waals surface area contributed by atoms with E-state index in [2.05, 4.69) is 10.2 Å². The average Bonchev–Trinajstić information content (AvgIpc) is 2.83. The quantitative estimate of drug-likeness (QED) is 0.667. The minimum Gasteiger partial charge on any atom is -0.396 e. The van der Waals surface area contributed by atoms with Crippen LogP contribution in [0.2, 0.25) is 0 Å². The SMILES string of the molecule is CNC(=O)c1sc(N(CCOC)CCOC)c(SC)c1N. The van der Waals surface area contributed by atoms with Crippen LogP contribution in [-0.2, 0) is 9.47 Å². The van der Waals surface area contributed by atoms with Crippen LogP contribution in [0, 0.1) is 0 Å². The predicted octanol–water partition coefficient (Wildman–Crippen LogP) is 1.51. The standard InChI is InChI=1S/C13H23N3O3S2/c1-15-12(17)10-9(14)11(20-4)13(21-10)16(5-7-18-2)6-8-19-3/h5-8,14H2,1-4H3,(H,15,17). The second kappa shape index (κ2) is 9.14. The van der Waals surface area contributed by atoms with E-state index in [0.717, 1.165) is 23.0 Å². The maximum absolute atomic E-state index is 11.9. The summed E-state index contributed by atoms with van der Waals surface area (Å²) in [6.07, 6.45) is 1.96. The molecule has 0 atom stereocenters. The first-order chi connectivity index (χ1) is 10.1. The van der Waals surface area contributed by atoms with Gasteiger partial charge in [-0.1, -0.05) is 0 Å². The lowest BCUT2D eigenvalue weighted by atomic mass is 10.3. The summed E-state index contributed by atoms with van der Waals surface area (Å²) < 4.78 is 10.3. The fourth-order valence-electron chi connectivity index (χ4n) is 1.82. The zero-order chi connectivity index (χ0) is 15.8. The van der Waals surface area contributed by atoms with Gasteiger partial charge >= 0.3 is 0 Å². The Hall–Kier alpha value is -0.960. The monoisotopic (exact) mass is 333 g/mol. The van der Waals surface area contributed by atoms with Gasteiger partial charge in [-0.25, -0.2) is 0 Å². The molecule has 1 rings (SSSR count). The molecule has 1 aromatic heterocycles. The van der Waals surface area contributed by atoms with Crippen LogP contribution in [0.15, 0.2) is 4.90 Å². The Morgan fingerprint density at radius 3 is 2.33 bits per heavy atom. The van der Waals surface area contributed by atoms with Crippen molar-refractivity contribution in [3.8, 4) is 0 Å². The Bertz CT molecular complexity index is 458. The van der Waals surface area contributed by atoms with E-state index in [1.54, 1.807) is 33.0 Å². The van der Waals surface area contributed by atoms with Crippen molar-refractivity contribution in [3.05, 3.63) is 4.88 Å². The number of rotatable bonds is 9. The van der Waals surface area contributed by atoms with Gasteiger partial charge in [0.15, 0.2) is 0 Å². The summed E-state index contributed by atoms with van der Waals surface area (Å²) in [5.74, 6) is -0.155. The van der Waals surface area contributed by atoms with Crippen molar-refractivity contribution in [1.82, 2.24) is 5.32 Å². The molecule has 0 radical (unpaired) electrons. The smallest absolute Gasteiger partial charge is 0.263 e. The number of thioether (sulfide) groups is 1. The second-order valence-electron chi connectivity index (χ2n) is 4.24. The van der Waals surface area contributed by atoms with Crippen molar-refractivity contribution >= 4 is 39.7 Å². The minimum atomic E-state index is -0.155. The molecule has 0 aliphatic rings. The number of hydrogen-bond donors (Lipinski definition) is 2. The fourth-order valence-corrected chi connectivity index (χ4v) is 4.00. The molecule has 8 heteroatoms. The summed E-state index contributed by atoms with van der Waals surface area (Å²) in [5, 5.41) is 3.62. The number of nitrogens with one attached hydrogen (secondary N) is 1. The molecule has 0 bridgehead atoms. The van der Waals surface area contributed by atoms with E-state index in [4.69, 9.17) is 15.2 Å². The summed E-state index contributed by atoms with van der Waals surface area (Å²) in [7, 11) is 4.94. The summed E-state index contributed by atoms with van der Waals surface area (Å²) in [5.41, 5.74) is 6.67. The van der Waals surface area contributed by atoms with Crippen LogP contribution in [0.25, 0.3) is 0 Å². The van der Waals surface area contributed by atoms with Crippen molar-refractivity contribution in [3.63, 3.8) is 0 Å². The van der Waals surface area contributed by atoms with E-state index in [9.17, 15) is 4.79 Å². The van der Waals surface area contributed by atoms with Crippen LogP contribution in [0.3, 0.4) is 0 Å². The van der Waals surface area contributed by atoms with Gasteiger partial charge < -0.3 is 25.4 Å². The first kappa shape index (κ1) is 18.1. The summed E-state index contributed by atoms with van der Waals surface area (Å²) in [6, 6.07) is 0. The molecule has 0 saturated carbocycles. The summed E-state index contributed by atoms with van der Waals surface area (Å²) in [4.78, 5) is 15.5. The van der Waals surface area contributed by atoms with Gasteiger partial charge in [-0.2, -0.15) is 0 Å². The zero-order valence-electron chi connectivity index (χ0n) is 12.9. The largest absolute Gasteiger partial charge is 0.396 e. The molecule has 1 aromatic rings. The number of ether oxygens (including phenoxy) is 2. The van der Waals surface area contributed by atoms with Gasteiger partial charge in [0.25, 0.3) is 5.91 Å². The lowest BCUT2D eigenvalue weighted by Crippen LogP contribution is -2.30. The van der Waals surface area contributed by atoms with Crippen molar-refractivity contribution in [1.29, 1.82) is 0 Å². The highest BCUT2D eigenvalue weighted by Crippen LogP contribution is 2.43.